The fourth-order valence-corrected chi connectivity index (χ4v) is 1.81. The van der Waals surface area contributed by atoms with Crippen molar-refractivity contribution >= 4 is 0 Å². The summed E-state index contributed by atoms with van der Waals surface area (Å²) in [5, 5.41) is 3.52. The van der Waals surface area contributed by atoms with E-state index in [2.05, 4.69) is 12.2 Å². The predicted octanol–water partition coefficient (Wildman–Crippen LogP) is 1.50. The minimum atomic E-state index is 0.472. The van der Waals surface area contributed by atoms with E-state index >= 15 is 0 Å². The molecule has 13 heavy (non-hydrogen) atoms. The first kappa shape index (κ1) is 9.47. The van der Waals surface area contributed by atoms with Crippen LogP contribution in [0.15, 0.2) is 0 Å². The Bertz CT molecular complexity index is 171. The molecular formula is C11H22N2. The van der Waals surface area contributed by atoms with Crippen molar-refractivity contribution in [2.24, 2.45) is 17.1 Å². The standard InChI is InChI=1S/C11H22N2/c1-11(5-6-11)8-13-7-4-10(12)9-2-3-9/h9-10,13H,2-8,12H2,1H3. The Morgan fingerprint density at radius 3 is 2.69 bits per heavy atom. The molecule has 0 bridgehead atoms. The van der Waals surface area contributed by atoms with E-state index in [0.717, 1.165) is 12.5 Å². The third-order valence-corrected chi connectivity index (χ3v) is 3.54. The molecule has 2 rings (SSSR count). The SMILES string of the molecule is CC1(CNCCC(N)C2CC2)CC1. The lowest BCUT2D eigenvalue weighted by Crippen LogP contribution is -2.30. The van der Waals surface area contributed by atoms with Crippen LogP contribution >= 0.6 is 0 Å². The fourth-order valence-electron chi connectivity index (χ4n) is 1.81. The summed E-state index contributed by atoms with van der Waals surface area (Å²) in [5.41, 5.74) is 6.65. The second-order valence-electron chi connectivity index (χ2n) is 5.28. The van der Waals surface area contributed by atoms with Crippen LogP contribution in [0.3, 0.4) is 0 Å². The Morgan fingerprint density at radius 1 is 1.46 bits per heavy atom. The second kappa shape index (κ2) is 3.58. The first-order valence-electron chi connectivity index (χ1n) is 5.66. The van der Waals surface area contributed by atoms with Crippen LogP contribution < -0.4 is 11.1 Å². The Hall–Kier alpha value is -0.0800. The maximum atomic E-state index is 6.00. The van der Waals surface area contributed by atoms with Gasteiger partial charge < -0.3 is 11.1 Å². The van der Waals surface area contributed by atoms with Crippen molar-refractivity contribution in [1.29, 1.82) is 0 Å². The van der Waals surface area contributed by atoms with Crippen molar-refractivity contribution in [1.82, 2.24) is 5.32 Å². The molecule has 1 unspecified atom stereocenters. The number of hydrogen-bond acceptors (Lipinski definition) is 2. The smallest absolute Gasteiger partial charge is 0.00792 e. The van der Waals surface area contributed by atoms with Crippen LogP contribution in [-0.4, -0.2) is 19.1 Å². The maximum Gasteiger partial charge on any atom is 0.00792 e. The summed E-state index contributed by atoms with van der Waals surface area (Å²) in [5.74, 6) is 0.860. The molecule has 0 radical (unpaired) electrons. The van der Waals surface area contributed by atoms with E-state index in [1.54, 1.807) is 0 Å². The number of nitrogens with one attached hydrogen (secondary N) is 1. The van der Waals surface area contributed by atoms with E-state index < -0.39 is 0 Å². The summed E-state index contributed by atoms with van der Waals surface area (Å²) in [6.45, 7) is 4.68. The molecule has 0 aliphatic heterocycles. The molecule has 2 aliphatic carbocycles. The summed E-state index contributed by atoms with van der Waals surface area (Å²) in [7, 11) is 0. The molecule has 2 aliphatic rings. The van der Waals surface area contributed by atoms with Gasteiger partial charge in [0.2, 0.25) is 0 Å². The van der Waals surface area contributed by atoms with Crippen molar-refractivity contribution in [2.75, 3.05) is 13.1 Å². The predicted molar refractivity (Wildman–Crippen MR) is 55.5 cm³/mol. The highest BCUT2D eigenvalue weighted by molar-refractivity contribution is 4.90. The third kappa shape index (κ3) is 2.96. The fraction of sp³-hybridized carbons (Fsp3) is 1.00. The van der Waals surface area contributed by atoms with Gasteiger partial charge in [0.05, 0.1) is 0 Å². The highest BCUT2D eigenvalue weighted by atomic mass is 14.9. The van der Waals surface area contributed by atoms with Crippen molar-refractivity contribution in [2.45, 2.75) is 45.1 Å². The van der Waals surface area contributed by atoms with Gasteiger partial charge >= 0.3 is 0 Å². The van der Waals surface area contributed by atoms with Crippen LogP contribution in [0.1, 0.15) is 39.0 Å². The van der Waals surface area contributed by atoms with Crippen molar-refractivity contribution in [3.63, 3.8) is 0 Å². The largest absolute Gasteiger partial charge is 0.327 e. The summed E-state index contributed by atoms with van der Waals surface area (Å²) < 4.78 is 0. The van der Waals surface area contributed by atoms with E-state index in [-0.39, 0.29) is 0 Å². The van der Waals surface area contributed by atoms with Gasteiger partial charge in [-0.2, -0.15) is 0 Å². The average Bonchev–Trinajstić information content (AvgIpc) is 2.92. The van der Waals surface area contributed by atoms with Crippen molar-refractivity contribution < 1.29 is 0 Å². The molecule has 2 heteroatoms. The van der Waals surface area contributed by atoms with Crippen LogP contribution in [0, 0.1) is 11.3 Å². The number of nitrogens with two attached hydrogens (primary N) is 1. The zero-order chi connectivity index (χ0) is 9.31. The molecule has 1 atom stereocenters. The summed E-state index contributed by atoms with van der Waals surface area (Å²) in [4.78, 5) is 0. The van der Waals surface area contributed by atoms with Crippen LogP contribution in [0.25, 0.3) is 0 Å². The Kier molecular flexibility index (Phi) is 2.61. The molecule has 0 spiro atoms. The molecule has 76 valence electrons. The van der Waals surface area contributed by atoms with Gasteiger partial charge in [-0.25, -0.2) is 0 Å². The first-order valence-corrected chi connectivity index (χ1v) is 5.66. The van der Waals surface area contributed by atoms with Gasteiger partial charge in [0.15, 0.2) is 0 Å². The van der Waals surface area contributed by atoms with E-state index in [0.29, 0.717) is 11.5 Å². The van der Waals surface area contributed by atoms with Gasteiger partial charge in [-0.3, -0.25) is 0 Å². The van der Waals surface area contributed by atoms with E-state index in [1.165, 1.54) is 38.6 Å². The van der Waals surface area contributed by atoms with Gasteiger partial charge in [-0.05, 0) is 50.0 Å². The molecule has 2 saturated carbocycles. The Balaban J connectivity index is 1.48. The molecule has 0 aromatic carbocycles. The van der Waals surface area contributed by atoms with Gasteiger partial charge in [0, 0.05) is 12.6 Å². The van der Waals surface area contributed by atoms with Gasteiger partial charge in [-0.1, -0.05) is 6.92 Å². The molecule has 2 fully saturated rings. The van der Waals surface area contributed by atoms with E-state index in [4.69, 9.17) is 5.73 Å². The molecule has 0 aromatic heterocycles. The molecule has 0 amide bonds. The molecule has 0 heterocycles. The Labute approximate surface area is 81.3 Å². The van der Waals surface area contributed by atoms with Crippen LogP contribution in [0.5, 0.6) is 0 Å². The minimum Gasteiger partial charge on any atom is -0.327 e. The second-order valence-corrected chi connectivity index (χ2v) is 5.28. The molecular weight excluding hydrogens is 160 g/mol. The average molecular weight is 182 g/mol. The Morgan fingerprint density at radius 2 is 2.15 bits per heavy atom. The van der Waals surface area contributed by atoms with Crippen molar-refractivity contribution in [3.8, 4) is 0 Å². The highest BCUT2D eigenvalue weighted by Gasteiger charge is 2.36. The van der Waals surface area contributed by atoms with Crippen LogP contribution in [0.2, 0.25) is 0 Å². The zero-order valence-electron chi connectivity index (χ0n) is 8.68. The third-order valence-electron chi connectivity index (χ3n) is 3.54. The summed E-state index contributed by atoms with van der Waals surface area (Å²) in [6.07, 6.45) is 6.74. The lowest BCUT2D eigenvalue weighted by molar-refractivity contribution is 0.463. The minimum absolute atomic E-state index is 0.472. The molecule has 2 nitrogen and oxygen atoms in total. The molecule has 3 N–H and O–H groups in total. The van der Waals surface area contributed by atoms with Crippen LogP contribution in [0.4, 0.5) is 0 Å². The lowest BCUT2D eigenvalue weighted by atomic mass is 10.1. The quantitative estimate of drug-likeness (QED) is 0.611. The van der Waals surface area contributed by atoms with Gasteiger partial charge in [0.1, 0.15) is 0 Å². The summed E-state index contributed by atoms with van der Waals surface area (Å²) >= 11 is 0. The maximum absolute atomic E-state index is 6.00. The number of hydrogen-bond donors (Lipinski definition) is 2. The highest BCUT2D eigenvalue weighted by Crippen LogP contribution is 2.44. The first-order chi connectivity index (χ1) is 6.20. The van der Waals surface area contributed by atoms with E-state index in [1.807, 2.05) is 0 Å². The number of rotatable bonds is 6. The topological polar surface area (TPSA) is 38.0 Å². The van der Waals surface area contributed by atoms with E-state index in [9.17, 15) is 0 Å². The zero-order valence-corrected chi connectivity index (χ0v) is 8.68. The molecule has 0 saturated heterocycles. The summed E-state index contributed by atoms with van der Waals surface area (Å²) in [6, 6.07) is 0.472. The lowest BCUT2D eigenvalue weighted by Gasteiger charge is -2.13. The van der Waals surface area contributed by atoms with Gasteiger partial charge in [-0.15, -0.1) is 0 Å². The molecule has 0 aromatic rings. The van der Waals surface area contributed by atoms with Crippen LogP contribution in [-0.2, 0) is 0 Å². The van der Waals surface area contributed by atoms with Crippen molar-refractivity contribution in [3.05, 3.63) is 0 Å². The monoisotopic (exact) mass is 182 g/mol. The normalized spacial score (nSPS) is 27.2. The van der Waals surface area contributed by atoms with Gasteiger partial charge in [0.25, 0.3) is 0 Å².